The van der Waals surface area contributed by atoms with Gasteiger partial charge < -0.3 is 15.2 Å². The first-order valence-electron chi connectivity index (χ1n) is 9.55. The third kappa shape index (κ3) is 2.73. The first-order valence-corrected chi connectivity index (χ1v) is 9.55. The summed E-state index contributed by atoms with van der Waals surface area (Å²) in [7, 11) is 1.70. The molecule has 2 aliphatic rings. The molecule has 0 radical (unpaired) electrons. The molecule has 1 aromatic carbocycles. The Morgan fingerprint density at radius 1 is 1.37 bits per heavy atom. The highest BCUT2D eigenvalue weighted by Gasteiger charge is 2.49. The van der Waals surface area contributed by atoms with Crippen LogP contribution in [0.15, 0.2) is 41.6 Å². The maximum Gasteiger partial charge on any atom is 0.341 e. The number of carbonyl (C=O) groups is 1. The molecule has 3 aromatic rings. The Bertz CT molecular complexity index is 1240. The van der Waals surface area contributed by atoms with Crippen LogP contribution in [-0.2, 0) is 12.1 Å². The Morgan fingerprint density at radius 3 is 2.77 bits per heavy atom. The number of rotatable bonds is 5. The van der Waals surface area contributed by atoms with Crippen LogP contribution in [0.25, 0.3) is 10.9 Å². The second-order valence-electron chi connectivity index (χ2n) is 7.70. The minimum atomic E-state index is -1.35. The van der Waals surface area contributed by atoms with Crippen LogP contribution >= 0.6 is 0 Å². The lowest BCUT2D eigenvalue weighted by Gasteiger charge is -2.33. The van der Waals surface area contributed by atoms with Crippen molar-refractivity contribution in [2.45, 2.75) is 24.9 Å². The van der Waals surface area contributed by atoms with E-state index in [9.17, 15) is 14.7 Å². The van der Waals surface area contributed by atoms with E-state index < -0.39 is 28.3 Å². The fraction of sp³-hybridized carbons (Fsp3) is 0.286. The molecule has 2 N–H and O–H groups in total. The van der Waals surface area contributed by atoms with Gasteiger partial charge in [-0.15, -0.1) is 0 Å². The Labute approximate surface area is 170 Å². The average Bonchev–Trinajstić information content (AvgIpc) is 3.51. The predicted octanol–water partition coefficient (Wildman–Crippen LogP) is 1.93. The third-order valence-corrected chi connectivity index (χ3v) is 5.78. The van der Waals surface area contributed by atoms with Gasteiger partial charge >= 0.3 is 5.97 Å². The minimum Gasteiger partial charge on any atom is -0.477 e. The monoisotopic (exact) mass is 410 g/mol. The molecule has 3 heterocycles. The third-order valence-electron chi connectivity index (χ3n) is 5.78. The van der Waals surface area contributed by atoms with Gasteiger partial charge in [-0.2, -0.15) is 0 Å². The van der Waals surface area contributed by atoms with E-state index in [1.165, 1.54) is 6.20 Å². The van der Waals surface area contributed by atoms with Gasteiger partial charge in [-0.25, -0.2) is 9.18 Å². The summed E-state index contributed by atoms with van der Waals surface area (Å²) >= 11 is 0. The van der Waals surface area contributed by atoms with Crippen molar-refractivity contribution >= 4 is 16.9 Å². The molecule has 2 aromatic heterocycles. The second kappa shape index (κ2) is 6.53. The zero-order valence-corrected chi connectivity index (χ0v) is 16.2. The number of halogens is 1. The first-order chi connectivity index (χ1) is 14.4. The molecule has 0 amide bonds. The van der Waals surface area contributed by atoms with Gasteiger partial charge in [0.25, 0.3) is 0 Å². The fourth-order valence-corrected chi connectivity index (χ4v) is 4.05. The van der Waals surface area contributed by atoms with Crippen molar-refractivity contribution in [1.82, 2.24) is 15.0 Å². The SMILES string of the molecule is CN1COc2c(C3(NCc4ccncc4)CC3)c(F)cc3c(=O)c(C(=O)O)cn1c23. The largest absolute Gasteiger partial charge is 0.477 e. The highest BCUT2D eigenvalue weighted by atomic mass is 19.1. The van der Waals surface area contributed by atoms with Crippen molar-refractivity contribution in [2.24, 2.45) is 0 Å². The normalized spacial score (nSPS) is 16.4. The average molecular weight is 410 g/mol. The van der Waals surface area contributed by atoms with Crippen LogP contribution in [0, 0.1) is 5.82 Å². The van der Waals surface area contributed by atoms with E-state index in [0.717, 1.165) is 24.5 Å². The lowest BCUT2D eigenvalue weighted by molar-refractivity contribution is 0.0694. The van der Waals surface area contributed by atoms with Crippen molar-refractivity contribution in [1.29, 1.82) is 0 Å². The van der Waals surface area contributed by atoms with Crippen LogP contribution in [0.1, 0.15) is 34.3 Å². The zero-order valence-electron chi connectivity index (χ0n) is 16.2. The van der Waals surface area contributed by atoms with Gasteiger partial charge in [-0.3, -0.25) is 19.5 Å². The molecular formula is C21H19FN4O4. The highest BCUT2D eigenvalue weighted by molar-refractivity contribution is 5.95. The van der Waals surface area contributed by atoms with Crippen LogP contribution in [0.3, 0.4) is 0 Å². The van der Waals surface area contributed by atoms with Crippen LogP contribution in [0.4, 0.5) is 4.39 Å². The summed E-state index contributed by atoms with van der Waals surface area (Å²) in [5.41, 5.74) is 0.0506. The maximum atomic E-state index is 15.4. The number of hydrogen-bond donors (Lipinski definition) is 2. The molecule has 0 bridgehead atoms. The van der Waals surface area contributed by atoms with Gasteiger partial charge in [0.1, 0.15) is 16.9 Å². The van der Waals surface area contributed by atoms with Crippen molar-refractivity contribution in [3.63, 3.8) is 0 Å². The molecule has 0 saturated heterocycles. The van der Waals surface area contributed by atoms with Crippen molar-refractivity contribution in [3.05, 3.63) is 69.5 Å². The smallest absolute Gasteiger partial charge is 0.341 e. The number of aromatic carboxylic acids is 1. The number of nitrogens with zero attached hydrogens (tertiary/aromatic N) is 3. The number of nitrogens with one attached hydrogen (secondary N) is 1. The molecule has 1 saturated carbocycles. The second-order valence-corrected chi connectivity index (χ2v) is 7.70. The highest BCUT2D eigenvalue weighted by Crippen LogP contribution is 2.52. The molecular weight excluding hydrogens is 391 g/mol. The molecule has 0 atom stereocenters. The molecule has 1 aliphatic heterocycles. The van der Waals surface area contributed by atoms with Gasteiger partial charge in [0.2, 0.25) is 5.43 Å². The fourth-order valence-electron chi connectivity index (χ4n) is 4.05. The van der Waals surface area contributed by atoms with Crippen LogP contribution in [-0.4, -0.2) is 34.5 Å². The summed E-state index contributed by atoms with van der Waals surface area (Å²) in [6, 6.07) is 4.91. The number of hydrogen-bond acceptors (Lipinski definition) is 6. The topological polar surface area (TPSA) is 96.7 Å². The number of pyridine rings is 2. The summed E-state index contributed by atoms with van der Waals surface area (Å²) in [6.07, 6.45) is 6.13. The van der Waals surface area contributed by atoms with E-state index in [-0.39, 0.29) is 17.9 Å². The number of aromatic nitrogens is 2. The van der Waals surface area contributed by atoms with Crippen molar-refractivity contribution in [3.8, 4) is 5.75 Å². The molecule has 0 spiro atoms. The lowest BCUT2D eigenvalue weighted by Crippen LogP contribution is -2.41. The van der Waals surface area contributed by atoms with Crippen molar-refractivity contribution in [2.75, 3.05) is 18.8 Å². The Balaban J connectivity index is 1.68. The van der Waals surface area contributed by atoms with E-state index in [4.69, 9.17) is 4.74 Å². The van der Waals surface area contributed by atoms with E-state index in [1.807, 2.05) is 12.1 Å². The zero-order chi connectivity index (χ0) is 21.0. The van der Waals surface area contributed by atoms with Gasteiger partial charge in [0.05, 0.1) is 16.5 Å². The van der Waals surface area contributed by atoms with Gasteiger partial charge in [-0.05, 0) is 36.6 Å². The summed E-state index contributed by atoms with van der Waals surface area (Å²) in [5.74, 6) is -1.64. The Kier molecular flexibility index (Phi) is 4.04. The van der Waals surface area contributed by atoms with Gasteiger partial charge in [-0.1, -0.05) is 0 Å². The van der Waals surface area contributed by atoms with E-state index in [1.54, 1.807) is 29.1 Å². The molecule has 0 unspecified atom stereocenters. The number of carboxylic acids is 1. The predicted molar refractivity (Wildman–Crippen MR) is 107 cm³/mol. The number of ether oxygens (including phenoxy) is 1. The summed E-state index contributed by atoms with van der Waals surface area (Å²) < 4.78 is 22.8. The Morgan fingerprint density at radius 2 is 2.10 bits per heavy atom. The summed E-state index contributed by atoms with van der Waals surface area (Å²) in [4.78, 5) is 28.2. The molecule has 1 aliphatic carbocycles. The first kappa shape index (κ1) is 18.6. The van der Waals surface area contributed by atoms with E-state index >= 15 is 4.39 Å². The minimum absolute atomic E-state index is 0.0115. The quantitative estimate of drug-likeness (QED) is 0.663. The van der Waals surface area contributed by atoms with Crippen LogP contribution < -0.4 is 20.5 Å². The summed E-state index contributed by atoms with van der Waals surface area (Å²) in [5, 5.41) is 14.4. The van der Waals surface area contributed by atoms with E-state index in [0.29, 0.717) is 17.6 Å². The van der Waals surface area contributed by atoms with Gasteiger partial charge in [0, 0.05) is 32.2 Å². The van der Waals surface area contributed by atoms with Crippen LogP contribution in [0.2, 0.25) is 0 Å². The molecule has 1 fully saturated rings. The number of carboxylic acid groups (broad SMARTS) is 1. The molecule has 30 heavy (non-hydrogen) atoms. The van der Waals surface area contributed by atoms with Gasteiger partial charge in [0.15, 0.2) is 12.5 Å². The molecule has 154 valence electrons. The molecule has 8 nitrogen and oxygen atoms in total. The van der Waals surface area contributed by atoms with Crippen molar-refractivity contribution < 1.29 is 19.0 Å². The molecule has 9 heteroatoms. The standard InChI is InChI=1S/C21H19FN4O4/c1-25-11-30-19-16(21(4-5-21)24-9-12-2-6-23-7-3-12)15(22)8-13-17(19)26(25)10-14(18(13)27)20(28)29/h2-3,6-8,10,24H,4-5,9,11H2,1H3,(H,28,29). The Hall–Kier alpha value is -3.46. The molecule has 5 rings (SSSR count). The van der Waals surface area contributed by atoms with Crippen LogP contribution in [0.5, 0.6) is 5.75 Å². The lowest BCUT2D eigenvalue weighted by atomic mass is 9.98. The maximum absolute atomic E-state index is 15.4. The summed E-state index contributed by atoms with van der Waals surface area (Å²) in [6.45, 7) is 0.630. The van der Waals surface area contributed by atoms with E-state index in [2.05, 4.69) is 10.3 Å². The number of benzene rings is 1.